The smallest absolute Gasteiger partial charge is 0.0954 e. The number of hydrogen-bond donors (Lipinski definition) is 1. The van der Waals surface area contributed by atoms with Gasteiger partial charge in [0.1, 0.15) is 0 Å². The maximum absolute atomic E-state index is 6.05. The lowest BCUT2D eigenvalue weighted by Crippen LogP contribution is -2.67. The van der Waals surface area contributed by atoms with Gasteiger partial charge in [0, 0.05) is 41.8 Å². The monoisotopic (exact) mass is 306 g/mol. The third-order valence-corrected chi connectivity index (χ3v) is 7.05. The molecule has 2 saturated carbocycles. The van der Waals surface area contributed by atoms with Crippen molar-refractivity contribution < 1.29 is 4.74 Å². The Labute approximate surface area is 131 Å². The third-order valence-electron chi connectivity index (χ3n) is 5.85. The van der Waals surface area contributed by atoms with E-state index in [2.05, 4.69) is 24.5 Å². The largest absolute Gasteiger partial charge is 0.377 e. The molecule has 1 aromatic rings. The van der Waals surface area contributed by atoms with Gasteiger partial charge in [-0.2, -0.15) is 0 Å². The van der Waals surface area contributed by atoms with Crippen molar-refractivity contribution in [3.8, 4) is 0 Å². The van der Waals surface area contributed by atoms with Crippen molar-refractivity contribution in [3.63, 3.8) is 0 Å². The third kappa shape index (κ3) is 2.18. The van der Waals surface area contributed by atoms with E-state index in [0.29, 0.717) is 23.5 Å². The second-order valence-corrected chi connectivity index (χ2v) is 8.26. The zero-order chi connectivity index (χ0) is 14.4. The number of nitrogens with zero attached hydrogens (tertiary/aromatic N) is 1. The Bertz CT molecular complexity index is 507. The fourth-order valence-corrected chi connectivity index (χ4v) is 5.73. The molecule has 3 aliphatic rings. The zero-order valence-corrected chi connectivity index (χ0v) is 13.9. The summed E-state index contributed by atoms with van der Waals surface area (Å²) in [6, 6.07) is 0.664. The summed E-state index contributed by atoms with van der Waals surface area (Å²) in [5, 5.41) is 7.35. The van der Waals surface area contributed by atoms with Crippen molar-refractivity contribution in [2.45, 2.75) is 70.6 Å². The van der Waals surface area contributed by atoms with Crippen LogP contribution >= 0.6 is 11.3 Å². The molecule has 21 heavy (non-hydrogen) atoms. The first-order valence-electron chi connectivity index (χ1n) is 8.50. The average molecular weight is 306 g/mol. The molecule has 0 amide bonds. The Balaban J connectivity index is 1.43. The van der Waals surface area contributed by atoms with Gasteiger partial charge < -0.3 is 10.1 Å². The molecule has 1 aromatic heterocycles. The fourth-order valence-electron chi connectivity index (χ4n) is 4.89. The standard InChI is InChI=1S/C17H26N2OS/c1-11(2)16-19-12(10-21-16)9-18-14-13-5-8-20-15(13)17(14)6-3-4-7-17/h10-11,13-15,18H,3-9H2,1-2H3/t13-,14-,15-/m1/s1. The molecule has 4 heteroatoms. The Morgan fingerprint density at radius 2 is 2.24 bits per heavy atom. The molecule has 3 nitrogen and oxygen atoms in total. The second kappa shape index (κ2) is 5.32. The Kier molecular flexibility index (Phi) is 3.59. The SMILES string of the molecule is CC(C)c1nc(CN[C@@H]2[C@H]3CCO[C@H]3C23CCCC3)cs1. The van der Waals surface area contributed by atoms with Gasteiger partial charge in [0.05, 0.1) is 16.8 Å². The van der Waals surface area contributed by atoms with Crippen LogP contribution in [0.2, 0.25) is 0 Å². The van der Waals surface area contributed by atoms with Crippen molar-refractivity contribution in [3.05, 3.63) is 16.1 Å². The maximum Gasteiger partial charge on any atom is 0.0954 e. The van der Waals surface area contributed by atoms with E-state index in [1.165, 1.54) is 42.8 Å². The summed E-state index contributed by atoms with van der Waals surface area (Å²) >= 11 is 1.80. The van der Waals surface area contributed by atoms with Crippen LogP contribution in [0.15, 0.2) is 5.38 Å². The molecular formula is C17H26N2OS. The van der Waals surface area contributed by atoms with Gasteiger partial charge in [0.25, 0.3) is 0 Å². The fraction of sp³-hybridized carbons (Fsp3) is 0.824. The van der Waals surface area contributed by atoms with Gasteiger partial charge in [-0.3, -0.25) is 0 Å². The molecule has 0 bridgehead atoms. The minimum Gasteiger partial charge on any atom is -0.377 e. The van der Waals surface area contributed by atoms with Crippen molar-refractivity contribution >= 4 is 11.3 Å². The number of ether oxygens (including phenoxy) is 1. The Morgan fingerprint density at radius 3 is 2.95 bits per heavy atom. The topological polar surface area (TPSA) is 34.2 Å². The van der Waals surface area contributed by atoms with Crippen molar-refractivity contribution in [1.82, 2.24) is 10.3 Å². The molecule has 1 aliphatic heterocycles. The molecule has 4 rings (SSSR count). The summed E-state index contributed by atoms with van der Waals surface area (Å²) in [5.74, 6) is 1.30. The lowest BCUT2D eigenvalue weighted by atomic mass is 9.54. The lowest BCUT2D eigenvalue weighted by Gasteiger charge is -2.57. The summed E-state index contributed by atoms with van der Waals surface area (Å²) in [7, 11) is 0. The first-order valence-corrected chi connectivity index (χ1v) is 9.38. The summed E-state index contributed by atoms with van der Waals surface area (Å²) in [6.45, 7) is 6.34. The molecular weight excluding hydrogens is 280 g/mol. The quantitative estimate of drug-likeness (QED) is 0.921. The van der Waals surface area contributed by atoms with Crippen LogP contribution in [0.5, 0.6) is 0 Å². The summed E-state index contributed by atoms with van der Waals surface area (Å²) in [5.41, 5.74) is 1.68. The van der Waals surface area contributed by atoms with E-state index in [1.54, 1.807) is 11.3 Å². The highest BCUT2D eigenvalue weighted by Gasteiger charge is 2.64. The predicted molar refractivity (Wildman–Crippen MR) is 85.6 cm³/mol. The predicted octanol–water partition coefficient (Wildman–Crippen LogP) is 3.70. The van der Waals surface area contributed by atoms with E-state index in [4.69, 9.17) is 9.72 Å². The number of fused-ring (bicyclic) bond motifs is 2. The molecule has 1 saturated heterocycles. The van der Waals surface area contributed by atoms with E-state index in [-0.39, 0.29) is 0 Å². The van der Waals surface area contributed by atoms with Crippen LogP contribution in [-0.2, 0) is 11.3 Å². The number of hydrogen-bond acceptors (Lipinski definition) is 4. The second-order valence-electron chi connectivity index (χ2n) is 7.37. The molecule has 1 N–H and O–H groups in total. The van der Waals surface area contributed by atoms with E-state index in [1.807, 2.05) is 0 Å². The minimum absolute atomic E-state index is 0.456. The van der Waals surface area contributed by atoms with Crippen LogP contribution in [0.4, 0.5) is 0 Å². The number of rotatable bonds is 4. The number of nitrogens with one attached hydrogen (secondary N) is 1. The van der Waals surface area contributed by atoms with Crippen LogP contribution in [0.25, 0.3) is 0 Å². The summed E-state index contributed by atoms with van der Waals surface area (Å²) in [4.78, 5) is 4.77. The highest BCUT2D eigenvalue weighted by Crippen LogP contribution is 2.60. The van der Waals surface area contributed by atoms with Gasteiger partial charge in [0.2, 0.25) is 0 Å². The average Bonchev–Trinajstić information content (AvgIpc) is 3.18. The number of aromatic nitrogens is 1. The van der Waals surface area contributed by atoms with Crippen LogP contribution in [0, 0.1) is 11.3 Å². The van der Waals surface area contributed by atoms with Crippen LogP contribution in [-0.4, -0.2) is 23.7 Å². The number of thiazole rings is 1. The maximum atomic E-state index is 6.05. The Hall–Kier alpha value is -0.450. The molecule has 3 atom stereocenters. The van der Waals surface area contributed by atoms with E-state index >= 15 is 0 Å². The highest BCUT2D eigenvalue weighted by atomic mass is 32.1. The van der Waals surface area contributed by atoms with Crippen molar-refractivity contribution in [1.29, 1.82) is 0 Å². The van der Waals surface area contributed by atoms with Crippen LogP contribution in [0.1, 0.15) is 62.6 Å². The van der Waals surface area contributed by atoms with Crippen molar-refractivity contribution in [2.24, 2.45) is 11.3 Å². The van der Waals surface area contributed by atoms with E-state index in [9.17, 15) is 0 Å². The highest BCUT2D eigenvalue weighted by molar-refractivity contribution is 7.09. The van der Waals surface area contributed by atoms with Gasteiger partial charge in [-0.25, -0.2) is 4.98 Å². The molecule has 3 fully saturated rings. The summed E-state index contributed by atoms with van der Waals surface area (Å²) in [6.07, 6.45) is 7.30. The molecule has 2 aliphatic carbocycles. The first kappa shape index (κ1) is 14.2. The molecule has 1 spiro atoms. The Morgan fingerprint density at radius 1 is 1.43 bits per heavy atom. The summed E-state index contributed by atoms with van der Waals surface area (Å²) < 4.78 is 6.05. The van der Waals surface area contributed by atoms with E-state index < -0.39 is 0 Å². The lowest BCUT2D eigenvalue weighted by molar-refractivity contribution is -0.131. The van der Waals surface area contributed by atoms with Crippen LogP contribution in [0.3, 0.4) is 0 Å². The first-order chi connectivity index (χ1) is 10.2. The minimum atomic E-state index is 0.456. The normalized spacial score (nSPS) is 33.6. The van der Waals surface area contributed by atoms with Crippen molar-refractivity contribution in [2.75, 3.05) is 6.61 Å². The van der Waals surface area contributed by atoms with Gasteiger partial charge in [-0.05, 0) is 19.3 Å². The van der Waals surface area contributed by atoms with Crippen LogP contribution < -0.4 is 5.32 Å². The molecule has 0 aromatic carbocycles. The molecule has 0 unspecified atom stereocenters. The zero-order valence-electron chi connectivity index (χ0n) is 13.1. The molecule has 2 heterocycles. The van der Waals surface area contributed by atoms with E-state index in [0.717, 1.165) is 19.1 Å². The molecule has 116 valence electrons. The van der Waals surface area contributed by atoms with Gasteiger partial charge >= 0.3 is 0 Å². The van der Waals surface area contributed by atoms with Gasteiger partial charge in [-0.15, -0.1) is 11.3 Å². The van der Waals surface area contributed by atoms with Gasteiger partial charge in [-0.1, -0.05) is 26.7 Å². The van der Waals surface area contributed by atoms with Gasteiger partial charge in [0.15, 0.2) is 0 Å². The molecule has 0 radical (unpaired) electrons.